The number of likely N-dealkylation sites (tertiary alicyclic amines) is 1. The van der Waals surface area contributed by atoms with Gasteiger partial charge in [0.1, 0.15) is 11.9 Å². The summed E-state index contributed by atoms with van der Waals surface area (Å²) in [5.74, 6) is 0.537. The number of anilines is 1. The highest BCUT2D eigenvalue weighted by atomic mass is 16.5. The SMILES string of the molecule is O=C(CN1CCCC1=O)Nc1ccc(OC2CCCCC2O)cc1. The molecule has 2 amide bonds. The molecule has 0 aromatic heterocycles. The Balaban J connectivity index is 1.50. The first kappa shape index (κ1) is 16.8. The monoisotopic (exact) mass is 332 g/mol. The Morgan fingerprint density at radius 1 is 1.21 bits per heavy atom. The molecule has 1 saturated carbocycles. The van der Waals surface area contributed by atoms with Crippen LogP contribution in [0, 0.1) is 0 Å². The van der Waals surface area contributed by atoms with Crippen molar-refractivity contribution >= 4 is 17.5 Å². The summed E-state index contributed by atoms with van der Waals surface area (Å²) in [6.07, 6.45) is 4.57. The first-order valence-electron chi connectivity index (χ1n) is 8.64. The number of carbonyl (C=O) groups is 2. The third kappa shape index (κ3) is 4.26. The molecule has 1 aromatic carbocycles. The molecule has 3 rings (SSSR count). The average Bonchev–Trinajstić information content (AvgIpc) is 2.96. The van der Waals surface area contributed by atoms with Crippen LogP contribution in [0.2, 0.25) is 0 Å². The number of carbonyl (C=O) groups excluding carboxylic acids is 2. The van der Waals surface area contributed by atoms with Gasteiger partial charge in [-0.3, -0.25) is 9.59 Å². The molecule has 2 fully saturated rings. The van der Waals surface area contributed by atoms with Crippen molar-refractivity contribution in [2.24, 2.45) is 0 Å². The van der Waals surface area contributed by atoms with Crippen LogP contribution in [-0.2, 0) is 9.59 Å². The molecular formula is C18H24N2O4. The molecule has 6 heteroatoms. The van der Waals surface area contributed by atoms with Crippen molar-refractivity contribution in [2.75, 3.05) is 18.4 Å². The second-order valence-electron chi connectivity index (χ2n) is 6.50. The number of rotatable bonds is 5. The molecule has 1 aliphatic heterocycles. The molecule has 0 spiro atoms. The second-order valence-corrected chi connectivity index (χ2v) is 6.50. The van der Waals surface area contributed by atoms with E-state index < -0.39 is 6.10 Å². The Labute approximate surface area is 141 Å². The number of nitrogens with zero attached hydrogens (tertiary/aromatic N) is 1. The number of hydrogen-bond donors (Lipinski definition) is 2. The van der Waals surface area contributed by atoms with E-state index in [1.165, 1.54) is 0 Å². The number of aliphatic hydroxyl groups excluding tert-OH is 1. The van der Waals surface area contributed by atoms with Gasteiger partial charge in [-0.25, -0.2) is 0 Å². The topological polar surface area (TPSA) is 78.9 Å². The molecule has 2 atom stereocenters. The highest BCUT2D eigenvalue weighted by Gasteiger charge is 2.25. The molecule has 2 N–H and O–H groups in total. The van der Waals surface area contributed by atoms with Gasteiger partial charge in [-0.2, -0.15) is 0 Å². The predicted octanol–water partition coefficient (Wildman–Crippen LogP) is 1.93. The van der Waals surface area contributed by atoms with Crippen LogP contribution < -0.4 is 10.1 Å². The lowest BCUT2D eigenvalue weighted by atomic mass is 9.95. The third-order valence-electron chi connectivity index (χ3n) is 4.60. The lowest BCUT2D eigenvalue weighted by Gasteiger charge is -2.28. The minimum Gasteiger partial charge on any atom is -0.488 e. The number of aliphatic hydroxyl groups is 1. The Bertz CT molecular complexity index is 587. The van der Waals surface area contributed by atoms with Crippen molar-refractivity contribution in [3.8, 4) is 5.75 Å². The maximum Gasteiger partial charge on any atom is 0.243 e. The van der Waals surface area contributed by atoms with E-state index in [0.29, 0.717) is 24.4 Å². The van der Waals surface area contributed by atoms with Crippen LogP contribution in [-0.4, -0.2) is 47.1 Å². The van der Waals surface area contributed by atoms with Crippen molar-refractivity contribution in [1.82, 2.24) is 4.90 Å². The fourth-order valence-corrected chi connectivity index (χ4v) is 3.25. The van der Waals surface area contributed by atoms with E-state index in [0.717, 1.165) is 32.1 Å². The third-order valence-corrected chi connectivity index (χ3v) is 4.60. The fourth-order valence-electron chi connectivity index (χ4n) is 3.25. The second kappa shape index (κ2) is 7.66. The summed E-state index contributed by atoms with van der Waals surface area (Å²) in [5.41, 5.74) is 0.670. The lowest BCUT2D eigenvalue weighted by molar-refractivity contribution is -0.131. The summed E-state index contributed by atoms with van der Waals surface area (Å²) in [7, 11) is 0. The molecule has 2 aliphatic rings. The summed E-state index contributed by atoms with van der Waals surface area (Å²) in [6.45, 7) is 0.758. The summed E-state index contributed by atoms with van der Waals surface area (Å²) < 4.78 is 5.83. The van der Waals surface area contributed by atoms with Gasteiger partial charge in [0.15, 0.2) is 0 Å². The zero-order chi connectivity index (χ0) is 16.9. The summed E-state index contributed by atoms with van der Waals surface area (Å²) in [5, 5.41) is 12.7. The van der Waals surface area contributed by atoms with Gasteiger partial charge in [0.2, 0.25) is 11.8 Å². The molecule has 1 aromatic rings. The average molecular weight is 332 g/mol. The first-order chi connectivity index (χ1) is 11.6. The predicted molar refractivity (Wildman–Crippen MR) is 89.8 cm³/mol. The molecule has 2 unspecified atom stereocenters. The summed E-state index contributed by atoms with van der Waals surface area (Å²) >= 11 is 0. The van der Waals surface area contributed by atoms with Crippen molar-refractivity contribution in [3.63, 3.8) is 0 Å². The van der Waals surface area contributed by atoms with Crippen LogP contribution in [0.5, 0.6) is 5.75 Å². The largest absolute Gasteiger partial charge is 0.488 e. The molecule has 130 valence electrons. The molecular weight excluding hydrogens is 308 g/mol. The summed E-state index contributed by atoms with van der Waals surface area (Å²) in [4.78, 5) is 25.1. The van der Waals surface area contributed by atoms with Crippen LogP contribution in [0.3, 0.4) is 0 Å². The molecule has 24 heavy (non-hydrogen) atoms. The van der Waals surface area contributed by atoms with E-state index in [-0.39, 0.29) is 24.5 Å². The van der Waals surface area contributed by atoms with Crippen molar-refractivity contribution in [1.29, 1.82) is 0 Å². The van der Waals surface area contributed by atoms with Crippen LogP contribution in [0.4, 0.5) is 5.69 Å². The Hall–Kier alpha value is -2.08. The first-order valence-corrected chi connectivity index (χ1v) is 8.64. The van der Waals surface area contributed by atoms with Crippen molar-refractivity contribution < 1.29 is 19.4 Å². The highest BCUT2D eigenvalue weighted by molar-refractivity contribution is 5.94. The molecule has 0 bridgehead atoms. The van der Waals surface area contributed by atoms with E-state index in [9.17, 15) is 14.7 Å². The number of nitrogens with one attached hydrogen (secondary N) is 1. The number of amides is 2. The van der Waals surface area contributed by atoms with E-state index in [4.69, 9.17) is 4.74 Å². The molecule has 1 aliphatic carbocycles. The van der Waals surface area contributed by atoms with Gasteiger partial charge in [0, 0.05) is 18.7 Å². The Morgan fingerprint density at radius 2 is 1.96 bits per heavy atom. The van der Waals surface area contributed by atoms with Gasteiger partial charge in [-0.1, -0.05) is 6.42 Å². The van der Waals surface area contributed by atoms with Gasteiger partial charge in [0.05, 0.1) is 12.6 Å². The minimum absolute atomic E-state index is 0.0416. The Kier molecular flexibility index (Phi) is 5.35. The van der Waals surface area contributed by atoms with E-state index in [1.807, 2.05) is 0 Å². The van der Waals surface area contributed by atoms with Crippen LogP contribution in [0.15, 0.2) is 24.3 Å². The molecule has 1 saturated heterocycles. The zero-order valence-corrected chi connectivity index (χ0v) is 13.7. The molecule has 0 radical (unpaired) electrons. The Morgan fingerprint density at radius 3 is 2.62 bits per heavy atom. The maximum absolute atomic E-state index is 12.0. The molecule has 6 nitrogen and oxygen atoms in total. The van der Waals surface area contributed by atoms with Gasteiger partial charge in [-0.05, 0) is 49.9 Å². The smallest absolute Gasteiger partial charge is 0.243 e. The maximum atomic E-state index is 12.0. The van der Waals surface area contributed by atoms with Crippen molar-refractivity contribution in [2.45, 2.75) is 50.7 Å². The number of benzene rings is 1. The fraction of sp³-hybridized carbons (Fsp3) is 0.556. The zero-order valence-electron chi connectivity index (χ0n) is 13.7. The van der Waals surface area contributed by atoms with E-state index in [2.05, 4.69) is 5.32 Å². The van der Waals surface area contributed by atoms with Crippen LogP contribution >= 0.6 is 0 Å². The van der Waals surface area contributed by atoms with Gasteiger partial charge >= 0.3 is 0 Å². The quantitative estimate of drug-likeness (QED) is 0.863. The van der Waals surface area contributed by atoms with E-state index >= 15 is 0 Å². The molecule has 1 heterocycles. The van der Waals surface area contributed by atoms with Crippen LogP contribution in [0.25, 0.3) is 0 Å². The number of hydrogen-bond acceptors (Lipinski definition) is 4. The van der Waals surface area contributed by atoms with Gasteiger partial charge in [-0.15, -0.1) is 0 Å². The number of ether oxygens (including phenoxy) is 1. The standard InChI is InChI=1S/C18H24N2O4/c21-15-4-1-2-5-16(15)24-14-9-7-13(8-10-14)19-17(22)12-20-11-3-6-18(20)23/h7-10,15-16,21H,1-6,11-12H2,(H,19,22). The lowest BCUT2D eigenvalue weighted by Crippen LogP contribution is -2.34. The van der Waals surface area contributed by atoms with Crippen molar-refractivity contribution in [3.05, 3.63) is 24.3 Å². The highest BCUT2D eigenvalue weighted by Crippen LogP contribution is 2.25. The van der Waals surface area contributed by atoms with E-state index in [1.54, 1.807) is 29.2 Å². The van der Waals surface area contributed by atoms with Crippen LogP contribution in [0.1, 0.15) is 38.5 Å². The van der Waals surface area contributed by atoms with Gasteiger partial charge in [0.25, 0.3) is 0 Å². The minimum atomic E-state index is -0.406. The summed E-state index contributed by atoms with van der Waals surface area (Å²) in [6, 6.07) is 7.12. The normalized spacial score (nSPS) is 24.0. The van der Waals surface area contributed by atoms with Gasteiger partial charge < -0.3 is 20.1 Å².